The quantitative estimate of drug-likeness (QED) is 0.567. The smallest absolute Gasteiger partial charge is 0.343 e. The summed E-state index contributed by atoms with van der Waals surface area (Å²) in [5.74, 6) is -0.416. The molecule has 0 aliphatic carbocycles. The zero-order chi connectivity index (χ0) is 17.6. The number of esters is 1. The molecule has 3 rings (SSSR count). The normalized spacial score (nSPS) is 10.1. The summed E-state index contributed by atoms with van der Waals surface area (Å²) in [7, 11) is 0. The number of hydrogen-bond acceptors (Lipinski definition) is 3. The van der Waals surface area contributed by atoms with Crippen LogP contribution in [-0.4, -0.2) is 11.9 Å². The Bertz CT molecular complexity index is 890. The highest BCUT2D eigenvalue weighted by Crippen LogP contribution is 2.27. The Morgan fingerprint density at radius 3 is 2.04 bits per heavy atom. The van der Waals surface area contributed by atoms with Gasteiger partial charge >= 0.3 is 5.97 Å². The van der Waals surface area contributed by atoms with Crippen LogP contribution in [0.3, 0.4) is 0 Å². The highest BCUT2D eigenvalue weighted by Gasteiger charge is 2.14. The summed E-state index contributed by atoms with van der Waals surface area (Å²) in [6, 6.07) is 22.9. The SMILES string of the molecule is Cc1ccc(NC(=O)c2ccccc2)c(OC(=O)c2ccccc2)c1. The molecule has 0 atom stereocenters. The van der Waals surface area contributed by atoms with Gasteiger partial charge in [-0.25, -0.2) is 4.79 Å². The summed E-state index contributed by atoms with van der Waals surface area (Å²) in [5.41, 5.74) is 2.35. The fourth-order valence-corrected chi connectivity index (χ4v) is 2.33. The number of carbonyl (C=O) groups excluding carboxylic acids is 2. The van der Waals surface area contributed by atoms with Crippen LogP contribution in [-0.2, 0) is 0 Å². The second-order valence-corrected chi connectivity index (χ2v) is 5.58. The monoisotopic (exact) mass is 331 g/mol. The van der Waals surface area contributed by atoms with Crippen molar-refractivity contribution in [3.63, 3.8) is 0 Å². The van der Waals surface area contributed by atoms with Crippen LogP contribution in [0.1, 0.15) is 26.3 Å². The number of ether oxygens (including phenoxy) is 1. The lowest BCUT2D eigenvalue weighted by molar-refractivity contribution is 0.0734. The maximum Gasteiger partial charge on any atom is 0.343 e. The molecule has 0 aliphatic rings. The molecule has 0 fully saturated rings. The molecule has 25 heavy (non-hydrogen) atoms. The van der Waals surface area contributed by atoms with Crippen molar-refractivity contribution in [3.8, 4) is 5.75 Å². The molecule has 3 aromatic rings. The van der Waals surface area contributed by atoms with Gasteiger partial charge in [-0.15, -0.1) is 0 Å². The summed E-state index contributed by atoms with van der Waals surface area (Å²) < 4.78 is 5.50. The number of carbonyl (C=O) groups is 2. The summed E-state index contributed by atoms with van der Waals surface area (Å²) in [6.45, 7) is 1.89. The Kier molecular flexibility index (Phi) is 4.90. The van der Waals surface area contributed by atoms with Crippen LogP contribution in [0.25, 0.3) is 0 Å². The second-order valence-electron chi connectivity index (χ2n) is 5.58. The minimum atomic E-state index is -0.471. The van der Waals surface area contributed by atoms with E-state index in [4.69, 9.17) is 4.74 Å². The predicted octanol–water partition coefficient (Wildman–Crippen LogP) is 4.47. The molecule has 1 N–H and O–H groups in total. The largest absolute Gasteiger partial charge is 0.421 e. The molecule has 0 saturated heterocycles. The third-order valence-electron chi connectivity index (χ3n) is 3.63. The lowest BCUT2D eigenvalue weighted by Crippen LogP contribution is -2.15. The molecule has 0 unspecified atom stereocenters. The minimum Gasteiger partial charge on any atom is -0.421 e. The number of hydrogen-bond donors (Lipinski definition) is 1. The maximum atomic E-state index is 12.4. The standard InChI is InChI=1S/C21H17NO3/c1-15-12-13-18(22-20(23)16-8-4-2-5-9-16)19(14-15)25-21(24)17-10-6-3-7-11-17/h2-14H,1H3,(H,22,23). The molecule has 1 amide bonds. The molecule has 0 aliphatic heterocycles. The molecule has 0 saturated carbocycles. The molecule has 0 heterocycles. The lowest BCUT2D eigenvalue weighted by Gasteiger charge is -2.12. The minimum absolute atomic E-state index is 0.263. The number of anilines is 1. The van der Waals surface area contributed by atoms with Gasteiger partial charge in [-0.05, 0) is 48.9 Å². The average molecular weight is 331 g/mol. The van der Waals surface area contributed by atoms with Crippen LogP contribution >= 0.6 is 0 Å². The molecule has 0 radical (unpaired) electrons. The van der Waals surface area contributed by atoms with Crippen molar-refractivity contribution in [2.45, 2.75) is 6.92 Å². The van der Waals surface area contributed by atoms with E-state index in [1.54, 1.807) is 60.7 Å². The first kappa shape index (κ1) is 16.5. The van der Waals surface area contributed by atoms with Crippen LogP contribution in [0.15, 0.2) is 78.9 Å². The van der Waals surface area contributed by atoms with Crippen molar-refractivity contribution in [1.82, 2.24) is 0 Å². The third kappa shape index (κ3) is 4.12. The van der Waals surface area contributed by atoms with Gasteiger partial charge in [0.2, 0.25) is 0 Å². The van der Waals surface area contributed by atoms with Gasteiger partial charge in [0.25, 0.3) is 5.91 Å². The zero-order valence-electron chi connectivity index (χ0n) is 13.7. The second kappa shape index (κ2) is 7.45. The van der Waals surface area contributed by atoms with E-state index in [9.17, 15) is 9.59 Å². The van der Waals surface area contributed by atoms with E-state index < -0.39 is 5.97 Å². The van der Waals surface area contributed by atoms with E-state index in [0.29, 0.717) is 22.6 Å². The van der Waals surface area contributed by atoms with Crippen LogP contribution in [0.2, 0.25) is 0 Å². The van der Waals surface area contributed by atoms with Crippen LogP contribution in [0, 0.1) is 6.92 Å². The molecule has 3 aromatic carbocycles. The Morgan fingerprint density at radius 2 is 1.40 bits per heavy atom. The Balaban J connectivity index is 1.83. The van der Waals surface area contributed by atoms with Crippen LogP contribution in [0.5, 0.6) is 5.75 Å². The van der Waals surface area contributed by atoms with E-state index in [1.807, 2.05) is 25.1 Å². The Labute approximate surface area is 146 Å². The summed E-state index contributed by atoms with van der Waals surface area (Å²) in [6.07, 6.45) is 0. The molecule has 4 heteroatoms. The first-order chi connectivity index (χ1) is 12.1. The number of benzene rings is 3. The van der Waals surface area contributed by atoms with Crippen molar-refractivity contribution >= 4 is 17.6 Å². The van der Waals surface area contributed by atoms with E-state index in [0.717, 1.165) is 5.56 Å². The van der Waals surface area contributed by atoms with Crippen molar-refractivity contribution in [3.05, 3.63) is 95.6 Å². The fraction of sp³-hybridized carbons (Fsp3) is 0.0476. The van der Waals surface area contributed by atoms with Gasteiger partial charge in [0.1, 0.15) is 0 Å². The zero-order valence-corrected chi connectivity index (χ0v) is 13.7. The number of nitrogens with one attached hydrogen (secondary N) is 1. The maximum absolute atomic E-state index is 12.4. The van der Waals surface area contributed by atoms with Crippen molar-refractivity contribution < 1.29 is 14.3 Å². The van der Waals surface area contributed by atoms with E-state index in [2.05, 4.69) is 5.32 Å². The third-order valence-corrected chi connectivity index (χ3v) is 3.63. The average Bonchev–Trinajstić information content (AvgIpc) is 2.65. The van der Waals surface area contributed by atoms with Gasteiger partial charge in [-0.2, -0.15) is 0 Å². The van der Waals surface area contributed by atoms with E-state index in [1.165, 1.54) is 0 Å². The van der Waals surface area contributed by atoms with Gasteiger partial charge in [-0.1, -0.05) is 42.5 Å². The summed E-state index contributed by atoms with van der Waals surface area (Å²) in [5, 5.41) is 2.79. The number of rotatable bonds is 4. The summed E-state index contributed by atoms with van der Waals surface area (Å²) >= 11 is 0. The van der Waals surface area contributed by atoms with E-state index >= 15 is 0 Å². The Morgan fingerprint density at radius 1 is 0.800 bits per heavy atom. The van der Waals surface area contributed by atoms with Crippen LogP contribution in [0.4, 0.5) is 5.69 Å². The predicted molar refractivity (Wildman–Crippen MR) is 97.0 cm³/mol. The number of aryl methyl sites for hydroxylation is 1. The van der Waals surface area contributed by atoms with Gasteiger partial charge in [-0.3, -0.25) is 4.79 Å². The Hall–Kier alpha value is -3.40. The fourth-order valence-electron chi connectivity index (χ4n) is 2.33. The van der Waals surface area contributed by atoms with Gasteiger partial charge in [0, 0.05) is 5.56 Å². The first-order valence-corrected chi connectivity index (χ1v) is 7.88. The molecule has 0 aromatic heterocycles. The lowest BCUT2D eigenvalue weighted by atomic mass is 10.1. The van der Waals surface area contributed by atoms with Crippen molar-refractivity contribution in [2.24, 2.45) is 0 Å². The van der Waals surface area contributed by atoms with Crippen molar-refractivity contribution in [2.75, 3.05) is 5.32 Å². The highest BCUT2D eigenvalue weighted by molar-refractivity contribution is 6.05. The molecule has 124 valence electrons. The molecule has 0 bridgehead atoms. The van der Waals surface area contributed by atoms with Gasteiger partial charge < -0.3 is 10.1 Å². The molecule has 0 spiro atoms. The number of amides is 1. The van der Waals surface area contributed by atoms with Crippen LogP contribution < -0.4 is 10.1 Å². The van der Waals surface area contributed by atoms with Gasteiger partial charge in [0.05, 0.1) is 11.3 Å². The van der Waals surface area contributed by atoms with E-state index in [-0.39, 0.29) is 5.91 Å². The molecular formula is C21H17NO3. The topological polar surface area (TPSA) is 55.4 Å². The van der Waals surface area contributed by atoms with Gasteiger partial charge in [0.15, 0.2) is 5.75 Å². The molecular weight excluding hydrogens is 314 g/mol. The molecule has 4 nitrogen and oxygen atoms in total. The van der Waals surface area contributed by atoms with Crippen molar-refractivity contribution in [1.29, 1.82) is 0 Å². The summed E-state index contributed by atoms with van der Waals surface area (Å²) in [4.78, 5) is 24.7. The highest BCUT2D eigenvalue weighted by atomic mass is 16.5. The first-order valence-electron chi connectivity index (χ1n) is 7.88.